The van der Waals surface area contributed by atoms with Crippen LogP contribution in [0.15, 0.2) is 6.33 Å². The summed E-state index contributed by atoms with van der Waals surface area (Å²) in [4.78, 5) is 36.5. The zero-order valence-electron chi connectivity index (χ0n) is 18.8. The molecule has 0 bridgehead atoms. The van der Waals surface area contributed by atoms with Crippen LogP contribution in [0.2, 0.25) is 0 Å². The molecule has 0 unspecified atom stereocenters. The first-order valence-electron chi connectivity index (χ1n) is 10.5. The maximum absolute atomic E-state index is 16.2. The lowest BCUT2D eigenvalue weighted by Crippen LogP contribution is -2.44. The number of nitrogens with one attached hydrogen (secondary N) is 1. The molecule has 3 heterocycles. The van der Waals surface area contributed by atoms with E-state index in [-0.39, 0.29) is 37.0 Å². The van der Waals surface area contributed by atoms with Crippen molar-refractivity contribution in [2.45, 2.75) is 64.6 Å². The molecule has 12 heteroatoms. The summed E-state index contributed by atoms with van der Waals surface area (Å²) in [5.41, 5.74) is 4.22. The van der Waals surface area contributed by atoms with Crippen LogP contribution in [-0.2, 0) is 23.8 Å². The van der Waals surface area contributed by atoms with Crippen molar-refractivity contribution < 1.29 is 28.2 Å². The van der Waals surface area contributed by atoms with E-state index in [1.807, 2.05) is 13.8 Å². The van der Waals surface area contributed by atoms with Crippen molar-refractivity contribution in [1.29, 1.82) is 0 Å². The monoisotopic (exact) mass is 452 g/mol. The van der Waals surface area contributed by atoms with Crippen molar-refractivity contribution in [2.24, 2.45) is 5.92 Å². The van der Waals surface area contributed by atoms with Crippen LogP contribution in [0.25, 0.3) is 11.2 Å². The number of rotatable bonds is 8. The highest BCUT2D eigenvalue weighted by Crippen LogP contribution is 2.44. The number of halogens is 1. The minimum absolute atomic E-state index is 0.0279. The number of nitrogen functional groups attached to an aromatic ring is 1. The van der Waals surface area contributed by atoms with Crippen molar-refractivity contribution in [1.82, 2.24) is 19.5 Å². The highest BCUT2D eigenvalue weighted by molar-refractivity contribution is 5.84. The Balaban J connectivity index is 1.98. The Kier molecular flexibility index (Phi) is 6.82. The average molecular weight is 452 g/mol. The van der Waals surface area contributed by atoms with E-state index < -0.39 is 36.0 Å². The molecule has 0 amide bonds. The molecule has 2 aromatic heterocycles. The second-order valence-corrected chi connectivity index (χ2v) is 8.23. The van der Waals surface area contributed by atoms with E-state index in [9.17, 15) is 9.59 Å². The number of aromatic nitrogens is 4. The van der Waals surface area contributed by atoms with E-state index in [0.29, 0.717) is 11.3 Å². The van der Waals surface area contributed by atoms with Gasteiger partial charge in [0.15, 0.2) is 35.0 Å². The van der Waals surface area contributed by atoms with Crippen molar-refractivity contribution in [3.8, 4) is 0 Å². The first-order chi connectivity index (χ1) is 15.1. The second kappa shape index (κ2) is 9.23. The van der Waals surface area contributed by atoms with Gasteiger partial charge in [0.25, 0.3) is 0 Å². The van der Waals surface area contributed by atoms with Gasteiger partial charge in [-0.2, -0.15) is 9.97 Å². The molecule has 3 N–H and O–H groups in total. The highest BCUT2D eigenvalue weighted by atomic mass is 19.1. The van der Waals surface area contributed by atoms with Crippen molar-refractivity contribution in [3.05, 3.63) is 6.33 Å². The number of hydrogen-bond donors (Lipinski definition) is 2. The van der Waals surface area contributed by atoms with E-state index in [4.69, 9.17) is 19.9 Å². The molecule has 0 radical (unpaired) electrons. The molecule has 0 spiro atoms. The topological polar surface area (TPSA) is 143 Å². The number of fused-ring (bicyclic) bond motifs is 1. The molecule has 1 aliphatic rings. The lowest BCUT2D eigenvalue weighted by atomic mass is 9.98. The summed E-state index contributed by atoms with van der Waals surface area (Å²) in [6.45, 7) is 6.34. The zero-order valence-corrected chi connectivity index (χ0v) is 18.8. The maximum atomic E-state index is 16.2. The number of carbonyl (C=O) groups is 2. The fraction of sp³-hybridized carbons (Fsp3) is 0.650. The Morgan fingerprint density at radius 3 is 2.72 bits per heavy atom. The Morgan fingerprint density at radius 1 is 1.38 bits per heavy atom. The first-order valence-corrected chi connectivity index (χ1v) is 10.5. The summed E-state index contributed by atoms with van der Waals surface area (Å²) in [6, 6.07) is 0. The normalized spacial score (nSPS) is 25.3. The number of nitrogens with two attached hydrogens (primary N) is 1. The van der Waals surface area contributed by atoms with Gasteiger partial charge < -0.3 is 25.3 Å². The fourth-order valence-electron chi connectivity index (χ4n) is 3.61. The smallest absolute Gasteiger partial charge is 0.306 e. The lowest BCUT2D eigenvalue weighted by molar-refractivity contribution is -0.162. The van der Waals surface area contributed by atoms with Crippen LogP contribution in [0.1, 0.15) is 46.8 Å². The van der Waals surface area contributed by atoms with Crippen LogP contribution < -0.4 is 11.1 Å². The van der Waals surface area contributed by atoms with Crippen LogP contribution in [0.3, 0.4) is 0 Å². The van der Waals surface area contributed by atoms with Gasteiger partial charge in [-0.3, -0.25) is 14.2 Å². The minimum atomic E-state index is -2.19. The van der Waals surface area contributed by atoms with Gasteiger partial charge in [-0.15, -0.1) is 0 Å². The van der Waals surface area contributed by atoms with Gasteiger partial charge in [0, 0.05) is 19.9 Å². The van der Waals surface area contributed by atoms with Gasteiger partial charge in [0.1, 0.15) is 12.7 Å². The number of esters is 2. The van der Waals surface area contributed by atoms with Crippen molar-refractivity contribution >= 4 is 34.9 Å². The van der Waals surface area contributed by atoms with Crippen LogP contribution in [-0.4, -0.2) is 63.0 Å². The Morgan fingerprint density at radius 2 is 2.09 bits per heavy atom. The number of carbonyl (C=O) groups excluding carboxylic acids is 2. The molecule has 1 aliphatic heterocycles. The predicted molar refractivity (Wildman–Crippen MR) is 113 cm³/mol. The van der Waals surface area contributed by atoms with Gasteiger partial charge >= 0.3 is 11.9 Å². The van der Waals surface area contributed by atoms with E-state index in [1.54, 1.807) is 14.0 Å². The summed E-state index contributed by atoms with van der Waals surface area (Å²) in [7, 11) is 1.65. The fourth-order valence-corrected chi connectivity index (χ4v) is 3.61. The molecule has 11 nitrogen and oxygen atoms in total. The molecule has 32 heavy (non-hydrogen) atoms. The summed E-state index contributed by atoms with van der Waals surface area (Å²) in [5, 5.41) is 2.87. The number of anilines is 2. The van der Waals surface area contributed by atoms with Gasteiger partial charge in [0.2, 0.25) is 5.95 Å². The molecule has 1 saturated heterocycles. The second-order valence-electron chi connectivity index (χ2n) is 8.23. The Labute approximate surface area is 184 Å². The van der Waals surface area contributed by atoms with E-state index in [0.717, 1.165) is 0 Å². The third kappa shape index (κ3) is 4.59. The standard InChI is InChI=1S/C20H29FN6O5/c1-6-12(28)30-8-11-15(32-13(29)7-10(2)3)20(4,21)18(31-11)27-9-24-14-16(23-5)25-19(22)26-17(14)27/h9-11,15,18H,6-8H2,1-5H3,(H3,22,23,25,26)/t11-,15-,18-,20-/m1/s1. The quantitative estimate of drug-likeness (QED) is 0.571. The number of alkyl halides is 1. The van der Waals surface area contributed by atoms with Crippen LogP contribution in [0.5, 0.6) is 0 Å². The maximum Gasteiger partial charge on any atom is 0.306 e. The Hall–Kier alpha value is -3.02. The molecule has 0 saturated carbocycles. The molecular weight excluding hydrogens is 423 g/mol. The summed E-state index contributed by atoms with van der Waals surface area (Å²) >= 11 is 0. The number of imidazole rings is 1. The number of nitrogens with zero attached hydrogens (tertiary/aromatic N) is 4. The average Bonchev–Trinajstić information content (AvgIpc) is 3.23. The zero-order chi connectivity index (χ0) is 23.6. The molecular formula is C20H29FN6O5. The van der Waals surface area contributed by atoms with Gasteiger partial charge in [0.05, 0.1) is 6.33 Å². The minimum Gasteiger partial charge on any atom is -0.463 e. The third-order valence-electron chi connectivity index (χ3n) is 5.14. The first kappa shape index (κ1) is 23.6. The number of hydrogen-bond acceptors (Lipinski definition) is 10. The van der Waals surface area contributed by atoms with Crippen molar-refractivity contribution in [2.75, 3.05) is 24.7 Å². The predicted octanol–water partition coefficient (Wildman–Crippen LogP) is 1.99. The van der Waals surface area contributed by atoms with Crippen LogP contribution >= 0.6 is 0 Å². The van der Waals surface area contributed by atoms with E-state index in [1.165, 1.54) is 17.8 Å². The SMILES string of the molecule is CCC(=O)OC[C@H]1O[C@@H](n2cnc3c(NC)nc(N)nc32)[C@](C)(F)[C@@H]1OC(=O)CC(C)C. The highest BCUT2D eigenvalue weighted by Gasteiger charge is 2.58. The summed E-state index contributed by atoms with van der Waals surface area (Å²) < 4.78 is 34.1. The van der Waals surface area contributed by atoms with E-state index in [2.05, 4.69) is 20.3 Å². The van der Waals surface area contributed by atoms with Crippen LogP contribution in [0, 0.1) is 5.92 Å². The summed E-state index contributed by atoms with van der Waals surface area (Å²) in [6.07, 6.45) is -1.99. The molecule has 176 valence electrons. The molecule has 0 aromatic carbocycles. The van der Waals surface area contributed by atoms with Crippen LogP contribution in [0.4, 0.5) is 16.2 Å². The van der Waals surface area contributed by atoms with Gasteiger partial charge in [-0.05, 0) is 12.8 Å². The van der Waals surface area contributed by atoms with E-state index >= 15 is 4.39 Å². The molecule has 2 aromatic rings. The third-order valence-corrected chi connectivity index (χ3v) is 5.14. The molecule has 0 aliphatic carbocycles. The van der Waals surface area contributed by atoms with Gasteiger partial charge in [-0.25, -0.2) is 9.37 Å². The van der Waals surface area contributed by atoms with Crippen molar-refractivity contribution in [3.63, 3.8) is 0 Å². The molecule has 3 rings (SSSR count). The largest absolute Gasteiger partial charge is 0.463 e. The van der Waals surface area contributed by atoms with Gasteiger partial charge in [-0.1, -0.05) is 20.8 Å². The summed E-state index contributed by atoms with van der Waals surface area (Å²) in [5.74, 6) is -0.671. The molecule has 1 fully saturated rings. The Bertz CT molecular complexity index is 994. The number of ether oxygens (including phenoxy) is 3. The molecule has 4 atom stereocenters. The lowest BCUT2D eigenvalue weighted by Gasteiger charge is -2.28.